The lowest BCUT2D eigenvalue weighted by molar-refractivity contribution is 0.670. The van der Waals surface area contributed by atoms with Crippen LogP contribution in [0.1, 0.15) is 22.3 Å². The van der Waals surface area contributed by atoms with E-state index in [-0.39, 0.29) is 0 Å². The first-order valence-corrected chi connectivity index (χ1v) is 19.4. The summed E-state index contributed by atoms with van der Waals surface area (Å²) in [6, 6.07) is 69.7. The normalized spacial score (nSPS) is 13.8. The molecular formula is C49H31NS2. The minimum absolute atomic E-state index is 0.531. The van der Waals surface area contributed by atoms with E-state index in [4.69, 9.17) is 0 Å². The third-order valence-electron chi connectivity index (χ3n) is 10.9. The molecule has 0 atom stereocenters. The number of fused-ring (bicyclic) bond motifs is 11. The van der Waals surface area contributed by atoms with Crippen LogP contribution in [0.3, 0.4) is 0 Å². The lowest BCUT2D eigenvalue weighted by atomic mass is 9.62. The van der Waals surface area contributed by atoms with E-state index in [9.17, 15) is 0 Å². The predicted octanol–water partition coefficient (Wildman–Crippen LogP) is 13.4. The van der Waals surface area contributed by atoms with Crippen LogP contribution in [0, 0.1) is 0 Å². The molecule has 0 aliphatic carbocycles. The second kappa shape index (κ2) is 11.6. The fourth-order valence-electron chi connectivity index (χ4n) is 8.82. The summed E-state index contributed by atoms with van der Waals surface area (Å²) in [5, 5.41) is 2.53. The average Bonchev–Trinajstić information content (AvgIpc) is 3.54. The van der Waals surface area contributed by atoms with Crippen molar-refractivity contribution < 1.29 is 0 Å². The molecule has 244 valence electrons. The molecule has 11 rings (SSSR count). The third kappa shape index (κ3) is 4.21. The number of benzene rings is 8. The van der Waals surface area contributed by atoms with E-state index in [1.54, 1.807) is 0 Å². The highest BCUT2D eigenvalue weighted by molar-refractivity contribution is 8.00. The largest absolute Gasteiger partial charge is 0.309 e. The van der Waals surface area contributed by atoms with E-state index in [1.807, 2.05) is 23.5 Å². The number of hydrogen-bond donors (Lipinski definition) is 0. The van der Waals surface area contributed by atoms with Gasteiger partial charge in [0.05, 0.1) is 16.4 Å². The molecule has 1 nitrogen and oxygen atoms in total. The molecule has 0 saturated carbocycles. The molecule has 0 unspecified atom stereocenters. The Hall–Kier alpha value is -5.74. The van der Waals surface area contributed by atoms with Gasteiger partial charge in [-0.05, 0) is 87.0 Å². The van der Waals surface area contributed by atoms with Crippen molar-refractivity contribution in [2.45, 2.75) is 25.0 Å². The Morgan fingerprint density at radius 2 is 0.981 bits per heavy atom. The van der Waals surface area contributed by atoms with Crippen molar-refractivity contribution >= 4 is 45.3 Å². The Bertz CT molecular complexity index is 2810. The highest BCUT2D eigenvalue weighted by atomic mass is 32.2. The van der Waals surface area contributed by atoms with Crippen molar-refractivity contribution in [3.63, 3.8) is 0 Å². The van der Waals surface area contributed by atoms with Gasteiger partial charge in [0.2, 0.25) is 0 Å². The Morgan fingerprint density at radius 1 is 0.385 bits per heavy atom. The number of rotatable bonds is 3. The van der Waals surface area contributed by atoms with Crippen LogP contribution in [-0.2, 0) is 5.41 Å². The predicted molar refractivity (Wildman–Crippen MR) is 218 cm³/mol. The first-order chi connectivity index (χ1) is 25.8. The van der Waals surface area contributed by atoms with Gasteiger partial charge in [0, 0.05) is 36.0 Å². The summed E-state index contributed by atoms with van der Waals surface area (Å²) in [5.41, 5.74) is 13.5. The number of aromatic nitrogens is 1. The lowest BCUT2D eigenvalue weighted by Gasteiger charge is -2.47. The molecule has 2 aliphatic heterocycles. The summed E-state index contributed by atoms with van der Waals surface area (Å²) in [7, 11) is 0. The molecule has 9 aromatic rings. The fraction of sp³-hybridized carbons (Fsp3) is 0.0204. The minimum Gasteiger partial charge on any atom is -0.309 e. The van der Waals surface area contributed by atoms with Crippen LogP contribution in [0.2, 0.25) is 0 Å². The maximum Gasteiger partial charge on any atom is 0.0751 e. The molecule has 0 amide bonds. The fourth-order valence-corrected chi connectivity index (χ4v) is 11.4. The van der Waals surface area contributed by atoms with Gasteiger partial charge in [-0.1, -0.05) is 169 Å². The highest BCUT2D eigenvalue weighted by Gasteiger charge is 2.50. The van der Waals surface area contributed by atoms with Crippen molar-refractivity contribution in [3.05, 3.63) is 210 Å². The van der Waals surface area contributed by atoms with Gasteiger partial charge < -0.3 is 4.57 Å². The number of nitrogens with zero attached hydrogens (tertiary/aromatic N) is 1. The zero-order valence-corrected chi connectivity index (χ0v) is 29.8. The van der Waals surface area contributed by atoms with Crippen LogP contribution in [-0.4, -0.2) is 4.57 Å². The SMILES string of the molecule is c1ccc(-c2cccc3c2Sc2cccc(-c4ccc5c6ccccc6n(-c6ccccc6)c5c4)c2C32c3ccccc3Sc3ccccc32)cc1. The maximum absolute atomic E-state index is 2.43. The van der Waals surface area contributed by atoms with E-state index < -0.39 is 5.41 Å². The third-order valence-corrected chi connectivity index (χ3v) is 13.3. The Labute approximate surface area is 311 Å². The molecule has 3 heteroatoms. The molecule has 8 aromatic carbocycles. The topological polar surface area (TPSA) is 4.93 Å². The van der Waals surface area contributed by atoms with E-state index in [0.717, 1.165) is 0 Å². The van der Waals surface area contributed by atoms with Gasteiger partial charge in [0.25, 0.3) is 0 Å². The Balaban J connectivity index is 1.26. The quantitative estimate of drug-likeness (QED) is 0.181. The van der Waals surface area contributed by atoms with Gasteiger partial charge in [0.1, 0.15) is 0 Å². The van der Waals surface area contributed by atoms with E-state index >= 15 is 0 Å². The van der Waals surface area contributed by atoms with Crippen LogP contribution < -0.4 is 0 Å². The Kier molecular flexibility index (Phi) is 6.70. The average molecular weight is 698 g/mol. The highest BCUT2D eigenvalue weighted by Crippen LogP contribution is 2.64. The van der Waals surface area contributed by atoms with E-state index in [1.165, 1.54) is 91.6 Å². The van der Waals surface area contributed by atoms with Gasteiger partial charge in [-0.15, -0.1) is 0 Å². The molecule has 3 heterocycles. The van der Waals surface area contributed by atoms with Crippen molar-refractivity contribution in [1.29, 1.82) is 0 Å². The van der Waals surface area contributed by atoms with Crippen LogP contribution in [0.4, 0.5) is 0 Å². The zero-order chi connectivity index (χ0) is 34.2. The molecule has 1 aromatic heterocycles. The van der Waals surface area contributed by atoms with Crippen molar-refractivity contribution in [2.24, 2.45) is 0 Å². The molecule has 0 N–H and O–H groups in total. The summed E-state index contributed by atoms with van der Waals surface area (Å²) in [6.07, 6.45) is 0. The van der Waals surface area contributed by atoms with Crippen LogP contribution >= 0.6 is 23.5 Å². The van der Waals surface area contributed by atoms with Gasteiger partial charge in [0.15, 0.2) is 0 Å². The Morgan fingerprint density at radius 3 is 1.77 bits per heavy atom. The molecule has 0 radical (unpaired) electrons. The zero-order valence-electron chi connectivity index (χ0n) is 28.2. The van der Waals surface area contributed by atoms with Crippen molar-refractivity contribution in [1.82, 2.24) is 4.57 Å². The molecule has 0 saturated heterocycles. The standard InChI is InChI=1S/C49H31NS2/c1-3-15-32(16-4-1)36-21-13-24-41-48(36)52-46-28-14-20-35(47(46)49(41)39-22-8-11-26-44(39)51-45-27-12-9-23-40(45)49)33-29-30-38-37-19-7-10-25-42(37)50(43(38)31-33)34-17-5-2-6-18-34/h1-31H. The molecule has 1 spiro atoms. The van der Waals surface area contributed by atoms with E-state index in [0.29, 0.717) is 0 Å². The molecule has 0 bridgehead atoms. The maximum atomic E-state index is 2.43. The number of hydrogen-bond acceptors (Lipinski definition) is 2. The summed E-state index contributed by atoms with van der Waals surface area (Å²) in [5.74, 6) is 0. The summed E-state index contributed by atoms with van der Waals surface area (Å²) in [6.45, 7) is 0. The first-order valence-electron chi connectivity index (χ1n) is 17.8. The van der Waals surface area contributed by atoms with Crippen LogP contribution in [0.15, 0.2) is 208 Å². The second-order valence-corrected chi connectivity index (χ2v) is 15.7. The van der Waals surface area contributed by atoms with Crippen molar-refractivity contribution in [3.8, 4) is 27.9 Å². The van der Waals surface area contributed by atoms with Gasteiger partial charge >= 0.3 is 0 Å². The molecule has 2 aliphatic rings. The summed E-state index contributed by atoms with van der Waals surface area (Å²) >= 11 is 3.82. The van der Waals surface area contributed by atoms with E-state index in [2.05, 4.69) is 193 Å². The first kappa shape index (κ1) is 29.9. The van der Waals surface area contributed by atoms with Crippen molar-refractivity contribution in [2.75, 3.05) is 0 Å². The number of para-hydroxylation sites is 2. The molecule has 52 heavy (non-hydrogen) atoms. The van der Waals surface area contributed by atoms with Gasteiger partial charge in [-0.25, -0.2) is 0 Å². The monoisotopic (exact) mass is 697 g/mol. The van der Waals surface area contributed by atoms with Gasteiger partial charge in [-0.2, -0.15) is 0 Å². The summed E-state index contributed by atoms with van der Waals surface area (Å²) in [4.78, 5) is 5.25. The summed E-state index contributed by atoms with van der Waals surface area (Å²) < 4.78 is 2.43. The molecule has 0 fully saturated rings. The van der Waals surface area contributed by atoms with Gasteiger partial charge in [-0.3, -0.25) is 0 Å². The van der Waals surface area contributed by atoms with Crippen LogP contribution in [0.25, 0.3) is 49.7 Å². The second-order valence-electron chi connectivity index (χ2n) is 13.6. The molecular weight excluding hydrogens is 667 g/mol. The minimum atomic E-state index is -0.531. The smallest absolute Gasteiger partial charge is 0.0751 e. The lowest BCUT2D eigenvalue weighted by Crippen LogP contribution is -2.37. The van der Waals surface area contributed by atoms with Crippen LogP contribution in [0.5, 0.6) is 0 Å².